The zero-order chi connectivity index (χ0) is 12.0. The highest BCUT2D eigenvalue weighted by Crippen LogP contribution is 1.90. The van der Waals surface area contributed by atoms with Crippen LogP contribution in [0.3, 0.4) is 0 Å². The van der Waals surface area contributed by atoms with Crippen molar-refractivity contribution in [3.63, 3.8) is 0 Å². The highest BCUT2D eigenvalue weighted by atomic mass is 35.5. The Hall–Kier alpha value is 0.250. The van der Waals surface area contributed by atoms with Crippen molar-refractivity contribution in [3.05, 3.63) is 0 Å². The standard InChI is InChI=1S/C6H16N.ClH/c1-5-6-7(2,3)4;/h5-6H2,1-4H3;1H/q+1;/p-1/i1D3,5D2,6D2;. The molecular formula is C6H16ClN. The maximum absolute atomic E-state index is 7.54. The van der Waals surface area contributed by atoms with E-state index in [1.807, 2.05) is 0 Å². The second kappa shape index (κ2) is 4.16. The Bertz CT molecular complexity index is 193. The van der Waals surface area contributed by atoms with Crippen LogP contribution in [0.25, 0.3) is 0 Å². The Morgan fingerprint density at radius 1 is 1.50 bits per heavy atom. The Morgan fingerprint density at radius 2 is 2.00 bits per heavy atom. The van der Waals surface area contributed by atoms with Crippen LogP contribution in [-0.4, -0.2) is 32.1 Å². The lowest BCUT2D eigenvalue weighted by Gasteiger charge is -2.22. The maximum Gasteiger partial charge on any atom is 0.0924 e. The van der Waals surface area contributed by atoms with Gasteiger partial charge in [-0.3, -0.25) is 0 Å². The van der Waals surface area contributed by atoms with Crippen LogP contribution in [0, 0.1) is 0 Å². The lowest BCUT2D eigenvalue weighted by molar-refractivity contribution is -0.870. The summed E-state index contributed by atoms with van der Waals surface area (Å²) in [5, 5.41) is 0. The lowest BCUT2D eigenvalue weighted by atomic mass is 10.4. The summed E-state index contributed by atoms with van der Waals surface area (Å²) in [5.74, 6) is 0. The first-order valence-electron chi connectivity index (χ1n) is 5.57. The molecule has 0 atom stereocenters. The fraction of sp³-hybridized carbons (Fsp3) is 1.00. The van der Waals surface area contributed by atoms with Crippen LogP contribution in [0.5, 0.6) is 0 Å². The van der Waals surface area contributed by atoms with Crippen molar-refractivity contribution in [2.45, 2.75) is 13.2 Å². The van der Waals surface area contributed by atoms with Gasteiger partial charge in [0.15, 0.2) is 0 Å². The van der Waals surface area contributed by atoms with Gasteiger partial charge in [0.05, 0.1) is 30.4 Å². The predicted octanol–water partition coefficient (Wildman–Crippen LogP) is -1.89. The van der Waals surface area contributed by atoms with Crippen LogP contribution in [-0.2, 0) is 0 Å². The number of hydrogen-bond acceptors (Lipinski definition) is 0. The van der Waals surface area contributed by atoms with E-state index in [0.717, 1.165) is 0 Å². The van der Waals surface area contributed by atoms with Gasteiger partial charge in [-0.05, 0) is 6.37 Å². The minimum Gasteiger partial charge on any atom is -1.00 e. The van der Waals surface area contributed by atoms with E-state index in [0.29, 0.717) is 0 Å². The summed E-state index contributed by atoms with van der Waals surface area (Å²) in [6, 6.07) is 0. The van der Waals surface area contributed by atoms with E-state index in [1.54, 1.807) is 0 Å². The van der Waals surface area contributed by atoms with E-state index in [2.05, 4.69) is 0 Å². The maximum atomic E-state index is 7.54. The molecule has 0 unspecified atom stereocenters. The molecule has 0 rings (SSSR count). The largest absolute Gasteiger partial charge is 1.00 e. The van der Waals surface area contributed by atoms with Crippen molar-refractivity contribution in [1.29, 1.82) is 0 Å². The van der Waals surface area contributed by atoms with Crippen LogP contribution in [0.2, 0.25) is 0 Å². The minimum atomic E-state index is -2.97. The second-order valence-corrected chi connectivity index (χ2v) is 2.25. The molecule has 2 heteroatoms. The summed E-state index contributed by atoms with van der Waals surface area (Å²) in [5.41, 5.74) is 0. The summed E-state index contributed by atoms with van der Waals surface area (Å²) >= 11 is 0. The number of rotatable bonds is 2. The Labute approximate surface area is 68.5 Å². The van der Waals surface area contributed by atoms with Gasteiger partial charge >= 0.3 is 0 Å². The summed E-state index contributed by atoms with van der Waals surface area (Å²) in [6.45, 7) is -5.44. The molecule has 0 N–H and O–H groups in total. The third kappa shape index (κ3) is 9.54. The van der Waals surface area contributed by atoms with E-state index < -0.39 is 24.2 Å². The highest BCUT2D eigenvalue weighted by molar-refractivity contribution is 4.20. The fourth-order valence-corrected chi connectivity index (χ4v) is 0.168. The zero-order valence-electron chi connectivity index (χ0n) is 12.3. The lowest BCUT2D eigenvalue weighted by Crippen LogP contribution is -3.00. The van der Waals surface area contributed by atoms with Gasteiger partial charge in [0.2, 0.25) is 0 Å². The molecule has 0 aromatic heterocycles. The smallest absolute Gasteiger partial charge is 0.0924 e. The van der Waals surface area contributed by atoms with Gasteiger partial charge in [-0.25, -0.2) is 0 Å². The fourth-order valence-electron chi connectivity index (χ4n) is 0.168. The van der Waals surface area contributed by atoms with E-state index in [4.69, 9.17) is 9.60 Å². The van der Waals surface area contributed by atoms with Crippen molar-refractivity contribution in [1.82, 2.24) is 0 Å². The molecule has 0 aromatic rings. The first-order valence-corrected chi connectivity index (χ1v) is 2.07. The van der Waals surface area contributed by atoms with Gasteiger partial charge in [-0.1, -0.05) is 6.85 Å². The molecule has 0 spiro atoms. The molecule has 0 fully saturated rings. The van der Waals surface area contributed by atoms with Crippen LogP contribution < -0.4 is 12.4 Å². The molecule has 1 nitrogen and oxygen atoms in total. The van der Waals surface area contributed by atoms with Crippen molar-refractivity contribution in [2.24, 2.45) is 0 Å². The molecule has 0 saturated carbocycles. The van der Waals surface area contributed by atoms with E-state index >= 15 is 0 Å². The highest BCUT2D eigenvalue weighted by Gasteiger charge is 2.01. The van der Waals surface area contributed by atoms with Gasteiger partial charge in [-0.2, -0.15) is 0 Å². The third-order valence-corrected chi connectivity index (χ3v) is 0.391. The predicted molar refractivity (Wildman–Crippen MR) is 33.2 cm³/mol. The van der Waals surface area contributed by atoms with Gasteiger partial charge in [-0.15, -0.1) is 0 Å². The summed E-state index contributed by atoms with van der Waals surface area (Å²) in [4.78, 5) is 0. The molecule has 0 heterocycles. The summed E-state index contributed by atoms with van der Waals surface area (Å²) < 4.78 is 50.3. The number of hydrogen-bond donors (Lipinski definition) is 0. The Balaban J connectivity index is 0. The summed E-state index contributed by atoms with van der Waals surface area (Å²) in [6.07, 6.45) is -2.88. The molecule has 0 saturated heterocycles. The molecule has 0 aliphatic heterocycles. The minimum absolute atomic E-state index is 0. The Morgan fingerprint density at radius 3 is 2.12 bits per heavy atom. The van der Waals surface area contributed by atoms with Crippen molar-refractivity contribution in [3.8, 4) is 0 Å². The number of quaternary nitrogens is 1. The van der Waals surface area contributed by atoms with Gasteiger partial charge < -0.3 is 16.9 Å². The molecule has 0 aliphatic rings. The molecular weight excluding hydrogens is 122 g/mol. The summed E-state index contributed by atoms with van der Waals surface area (Å²) in [7, 11) is 4.26. The molecule has 8 heavy (non-hydrogen) atoms. The van der Waals surface area contributed by atoms with Gasteiger partial charge in [0, 0.05) is 6.85 Å². The molecule has 0 amide bonds. The SMILES string of the molecule is [2H]C([2H])([2H])C([2H])([2H])C([2H])([2H])[N+](C)(C)C.[Cl-]. The molecule has 0 radical (unpaired) electrons. The van der Waals surface area contributed by atoms with Crippen LogP contribution >= 0.6 is 0 Å². The van der Waals surface area contributed by atoms with Gasteiger partial charge in [0.25, 0.3) is 0 Å². The van der Waals surface area contributed by atoms with Crippen LogP contribution in [0.1, 0.15) is 22.8 Å². The van der Waals surface area contributed by atoms with Crippen molar-refractivity contribution in [2.75, 3.05) is 27.6 Å². The zero-order valence-corrected chi connectivity index (χ0v) is 6.08. The number of halogens is 1. The number of nitrogens with zero attached hydrogens (tertiary/aromatic N) is 1. The second-order valence-electron chi connectivity index (χ2n) is 2.25. The third-order valence-electron chi connectivity index (χ3n) is 0.391. The molecule has 0 bridgehead atoms. The van der Waals surface area contributed by atoms with Gasteiger partial charge in [0.1, 0.15) is 0 Å². The monoisotopic (exact) mass is 144 g/mol. The Kier molecular flexibility index (Phi) is 1.28. The first kappa shape index (κ1) is 2.47. The molecule has 0 aliphatic carbocycles. The molecule has 52 valence electrons. The first-order chi connectivity index (χ1) is 5.75. The quantitative estimate of drug-likeness (QED) is 0.398. The van der Waals surface area contributed by atoms with Crippen molar-refractivity contribution >= 4 is 0 Å². The van der Waals surface area contributed by atoms with Crippen LogP contribution in [0.15, 0.2) is 0 Å². The average Bonchev–Trinajstić information content (AvgIpc) is 1.81. The van der Waals surface area contributed by atoms with E-state index in [1.165, 1.54) is 21.1 Å². The van der Waals surface area contributed by atoms with E-state index in [9.17, 15) is 0 Å². The molecule has 0 aromatic carbocycles. The van der Waals surface area contributed by atoms with E-state index in [-0.39, 0.29) is 12.4 Å². The van der Waals surface area contributed by atoms with Crippen LogP contribution in [0.4, 0.5) is 0 Å². The topological polar surface area (TPSA) is 0 Å². The van der Waals surface area contributed by atoms with Crippen molar-refractivity contribution < 1.29 is 26.5 Å². The normalized spacial score (nSPS) is 28.6. The average molecular weight is 145 g/mol.